The number of carbonyl (C=O) groups excluding carboxylic acids is 1. The molecule has 0 radical (unpaired) electrons. The number of nitrogens with one attached hydrogen (secondary N) is 1. The van der Waals surface area contributed by atoms with E-state index in [0.29, 0.717) is 28.7 Å². The van der Waals surface area contributed by atoms with Gasteiger partial charge in [-0.05, 0) is 50.3 Å². The molecule has 2 N–H and O–H groups in total. The van der Waals surface area contributed by atoms with E-state index in [1.807, 2.05) is 4.68 Å². The molecular formula is C21H27N3O3. The zero-order valence-corrected chi connectivity index (χ0v) is 16.3. The number of aromatic nitrogens is 2. The van der Waals surface area contributed by atoms with Gasteiger partial charge in [-0.2, -0.15) is 5.10 Å². The molecule has 6 heteroatoms. The van der Waals surface area contributed by atoms with Crippen LogP contribution in [-0.4, -0.2) is 26.8 Å². The normalized spacial score (nSPS) is 14.4. The molecule has 3 rings (SSSR count). The summed E-state index contributed by atoms with van der Waals surface area (Å²) in [5, 5.41) is 16.7. The van der Waals surface area contributed by atoms with Gasteiger partial charge in [0, 0.05) is 18.2 Å². The van der Waals surface area contributed by atoms with Gasteiger partial charge in [-0.25, -0.2) is 0 Å². The Hall–Kier alpha value is -2.63. The highest BCUT2D eigenvalue weighted by atomic mass is 16.4. The molecular weight excluding hydrogens is 342 g/mol. The van der Waals surface area contributed by atoms with Gasteiger partial charge in [0.1, 0.15) is 0 Å². The molecule has 0 aliphatic heterocycles. The maximum atomic E-state index is 12.8. The predicted molar refractivity (Wildman–Crippen MR) is 104 cm³/mol. The molecule has 2 aromatic rings. The number of amides is 1. The summed E-state index contributed by atoms with van der Waals surface area (Å²) in [6.45, 7) is 8.40. The molecule has 0 atom stereocenters. The Labute approximate surface area is 159 Å². The van der Waals surface area contributed by atoms with Gasteiger partial charge in [-0.3, -0.25) is 14.3 Å². The van der Waals surface area contributed by atoms with Crippen LogP contribution in [-0.2, 0) is 16.8 Å². The van der Waals surface area contributed by atoms with Gasteiger partial charge in [0.25, 0.3) is 5.91 Å². The molecule has 0 bridgehead atoms. The van der Waals surface area contributed by atoms with Gasteiger partial charge in [0.2, 0.25) is 0 Å². The first-order chi connectivity index (χ1) is 12.7. The van der Waals surface area contributed by atoms with Crippen molar-refractivity contribution in [1.82, 2.24) is 9.78 Å². The second-order valence-corrected chi connectivity index (χ2v) is 8.26. The lowest BCUT2D eigenvalue weighted by atomic mass is 9.85. The summed E-state index contributed by atoms with van der Waals surface area (Å²) in [5.41, 5.74) is 2.03. The number of anilines is 1. The lowest BCUT2D eigenvalue weighted by molar-refractivity contribution is -0.142. The van der Waals surface area contributed by atoms with Gasteiger partial charge in [-0.15, -0.1) is 0 Å². The van der Waals surface area contributed by atoms with Crippen LogP contribution in [0.25, 0.3) is 0 Å². The molecule has 0 spiro atoms. The number of aliphatic carboxylic acids is 1. The summed E-state index contributed by atoms with van der Waals surface area (Å²) in [6.07, 6.45) is 3.86. The summed E-state index contributed by atoms with van der Waals surface area (Å²) in [4.78, 5) is 24.2. The van der Waals surface area contributed by atoms with Crippen molar-refractivity contribution in [3.05, 3.63) is 47.3 Å². The zero-order chi connectivity index (χ0) is 19.8. The molecule has 1 amide bonds. The van der Waals surface area contributed by atoms with Crippen LogP contribution >= 0.6 is 0 Å². The van der Waals surface area contributed by atoms with Gasteiger partial charge < -0.3 is 10.4 Å². The van der Waals surface area contributed by atoms with Crippen LogP contribution in [0.1, 0.15) is 68.1 Å². The van der Waals surface area contributed by atoms with Crippen LogP contribution in [0.2, 0.25) is 0 Å². The van der Waals surface area contributed by atoms with E-state index in [0.717, 1.165) is 25.1 Å². The Kier molecular flexibility index (Phi) is 5.09. The van der Waals surface area contributed by atoms with Crippen molar-refractivity contribution in [3.8, 4) is 0 Å². The van der Waals surface area contributed by atoms with Gasteiger partial charge in [0.05, 0.1) is 22.9 Å². The minimum Gasteiger partial charge on any atom is -0.481 e. The van der Waals surface area contributed by atoms with Crippen molar-refractivity contribution in [1.29, 1.82) is 0 Å². The number of carboxylic acid groups (broad SMARTS) is 1. The minimum absolute atomic E-state index is 0.169. The van der Waals surface area contributed by atoms with E-state index < -0.39 is 11.4 Å². The number of carbonyl (C=O) groups is 2. The lowest BCUT2D eigenvalue weighted by Gasteiger charge is -2.20. The van der Waals surface area contributed by atoms with E-state index in [-0.39, 0.29) is 5.91 Å². The monoisotopic (exact) mass is 369 g/mol. The molecule has 0 saturated heterocycles. The highest BCUT2D eigenvalue weighted by Crippen LogP contribution is 2.42. The third-order valence-electron chi connectivity index (χ3n) is 5.03. The van der Waals surface area contributed by atoms with Crippen LogP contribution < -0.4 is 5.32 Å². The Bertz CT molecular complexity index is 846. The quantitative estimate of drug-likeness (QED) is 0.772. The summed E-state index contributed by atoms with van der Waals surface area (Å²) in [6, 6.07) is 6.97. The first kappa shape index (κ1) is 19.1. The van der Waals surface area contributed by atoms with E-state index in [2.05, 4.69) is 24.3 Å². The number of hydrogen-bond acceptors (Lipinski definition) is 3. The maximum Gasteiger partial charge on any atom is 0.313 e. The number of benzene rings is 1. The van der Waals surface area contributed by atoms with Gasteiger partial charge >= 0.3 is 5.97 Å². The van der Waals surface area contributed by atoms with Gasteiger partial charge in [-0.1, -0.05) is 26.0 Å². The molecule has 144 valence electrons. The zero-order valence-electron chi connectivity index (χ0n) is 16.3. The first-order valence-corrected chi connectivity index (χ1v) is 9.41. The fourth-order valence-electron chi connectivity index (χ4n) is 3.14. The molecule has 6 nitrogen and oxygen atoms in total. The van der Waals surface area contributed by atoms with Crippen molar-refractivity contribution in [2.75, 3.05) is 5.32 Å². The largest absolute Gasteiger partial charge is 0.481 e. The smallest absolute Gasteiger partial charge is 0.313 e. The third-order valence-corrected chi connectivity index (χ3v) is 5.03. The molecule has 27 heavy (non-hydrogen) atoms. The fourth-order valence-corrected chi connectivity index (χ4v) is 3.14. The average Bonchev–Trinajstić information content (AvgIpc) is 3.35. The second-order valence-electron chi connectivity index (χ2n) is 8.26. The Morgan fingerprint density at radius 1 is 1.26 bits per heavy atom. The van der Waals surface area contributed by atoms with Crippen LogP contribution in [0.4, 0.5) is 5.69 Å². The molecule has 1 heterocycles. The van der Waals surface area contributed by atoms with Gasteiger partial charge in [0.15, 0.2) is 0 Å². The Balaban J connectivity index is 1.78. The molecule has 1 aromatic heterocycles. The standard InChI is InChI=1S/C21H27N3O3/c1-13(2)12-24-18(14-5-6-14)17(11-22-24)19(25)23-16-9-7-15(8-10-16)21(3,4)20(26)27/h7-11,13-14H,5-6,12H2,1-4H3,(H,23,25)(H,26,27). The first-order valence-electron chi connectivity index (χ1n) is 9.41. The maximum absolute atomic E-state index is 12.8. The summed E-state index contributed by atoms with van der Waals surface area (Å²) in [7, 11) is 0. The minimum atomic E-state index is -0.973. The molecule has 1 aliphatic carbocycles. The predicted octanol–water partition coefficient (Wildman–Crippen LogP) is 4.03. The summed E-state index contributed by atoms with van der Waals surface area (Å²) in [5.74, 6) is -0.169. The number of carboxylic acids is 1. The van der Waals surface area contributed by atoms with Crippen molar-refractivity contribution < 1.29 is 14.7 Å². The van der Waals surface area contributed by atoms with Crippen molar-refractivity contribution >= 4 is 17.6 Å². The molecule has 1 aliphatic rings. The summed E-state index contributed by atoms with van der Waals surface area (Å²) < 4.78 is 1.97. The highest BCUT2D eigenvalue weighted by Gasteiger charge is 2.33. The van der Waals surface area contributed by atoms with E-state index >= 15 is 0 Å². The molecule has 1 saturated carbocycles. The van der Waals surface area contributed by atoms with Crippen LogP contribution in [0.15, 0.2) is 30.5 Å². The lowest BCUT2D eigenvalue weighted by Crippen LogP contribution is -2.28. The topological polar surface area (TPSA) is 84.2 Å². The molecule has 1 aromatic carbocycles. The Morgan fingerprint density at radius 3 is 2.41 bits per heavy atom. The highest BCUT2D eigenvalue weighted by molar-refractivity contribution is 6.05. The number of nitrogens with zero attached hydrogens (tertiary/aromatic N) is 2. The van der Waals surface area contributed by atoms with E-state index in [1.165, 1.54) is 0 Å². The fraction of sp³-hybridized carbons (Fsp3) is 0.476. The summed E-state index contributed by atoms with van der Waals surface area (Å²) >= 11 is 0. The molecule has 0 unspecified atom stereocenters. The third kappa shape index (κ3) is 4.04. The Morgan fingerprint density at radius 2 is 1.89 bits per heavy atom. The van der Waals surface area contributed by atoms with E-state index in [4.69, 9.17) is 0 Å². The van der Waals surface area contributed by atoms with Crippen molar-refractivity contribution in [3.63, 3.8) is 0 Å². The van der Waals surface area contributed by atoms with Crippen LogP contribution in [0.5, 0.6) is 0 Å². The van der Waals surface area contributed by atoms with Crippen LogP contribution in [0.3, 0.4) is 0 Å². The average molecular weight is 369 g/mol. The van der Waals surface area contributed by atoms with Crippen molar-refractivity contribution in [2.24, 2.45) is 5.92 Å². The SMILES string of the molecule is CC(C)Cn1ncc(C(=O)Nc2ccc(C(C)(C)C(=O)O)cc2)c1C1CC1. The van der Waals surface area contributed by atoms with E-state index in [1.54, 1.807) is 44.3 Å². The number of hydrogen-bond donors (Lipinski definition) is 2. The van der Waals surface area contributed by atoms with Crippen LogP contribution in [0, 0.1) is 5.92 Å². The molecule has 1 fully saturated rings. The van der Waals surface area contributed by atoms with Crippen molar-refractivity contribution in [2.45, 2.75) is 58.4 Å². The van der Waals surface area contributed by atoms with E-state index in [9.17, 15) is 14.7 Å². The number of rotatable bonds is 7. The second kappa shape index (κ2) is 7.18.